The van der Waals surface area contributed by atoms with Crippen LogP contribution in [0.2, 0.25) is 0 Å². The highest BCUT2D eigenvalue weighted by Gasteiger charge is 2.23. The summed E-state index contributed by atoms with van der Waals surface area (Å²) in [5.41, 5.74) is 2.39. The summed E-state index contributed by atoms with van der Waals surface area (Å²) in [7, 11) is 0. The van der Waals surface area contributed by atoms with Crippen molar-refractivity contribution in [3.05, 3.63) is 46.4 Å². The summed E-state index contributed by atoms with van der Waals surface area (Å²) >= 11 is 1.67. The van der Waals surface area contributed by atoms with Crippen LogP contribution in [-0.2, 0) is 24.1 Å². The van der Waals surface area contributed by atoms with Crippen molar-refractivity contribution in [1.82, 2.24) is 15.0 Å². The van der Waals surface area contributed by atoms with E-state index in [1.54, 1.807) is 24.5 Å². The SMILES string of the molecule is CCOC(=O)c1nc(NCc2cccnc2)c2c3c(sc2n1)CCCC3. The minimum Gasteiger partial charge on any atom is -0.460 e. The topological polar surface area (TPSA) is 77.0 Å². The number of nitrogens with zero attached hydrogens (tertiary/aromatic N) is 3. The monoisotopic (exact) mass is 368 g/mol. The molecule has 4 rings (SSSR count). The molecule has 0 saturated carbocycles. The Bertz CT molecular complexity index is 940. The molecule has 0 aliphatic heterocycles. The van der Waals surface area contributed by atoms with E-state index in [0.717, 1.165) is 28.6 Å². The second kappa shape index (κ2) is 7.37. The molecule has 0 fully saturated rings. The molecule has 0 aromatic carbocycles. The Labute approximate surface area is 155 Å². The molecule has 26 heavy (non-hydrogen) atoms. The molecule has 0 bridgehead atoms. The molecule has 134 valence electrons. The number of hydrogen-bond acceptors (Lipinski definition) is 7. The third-order valence-corrected chi connectivity index (χ3v) is 5.64. The van der Waals surface area contributed by atoms with Gasteiger partial charge in [-0.25, -0.2) is 14.8 Å². The minimum absolute atomic E-state index is 0.117. The quantitative estimate of drug-likeness (QED) is 0.691. The van der Waals surface area contributed by atoms with E-state index < -0.39 is 5.97 Å². The maximum atomic E-state index is 12.2. The van der Waals surface area contributed by atoms with E-state index in [1.807, 2.05) is 18.3 Å². The first-order valence-corrected chi connectivity index (χ1v) is 9.70. The van der Waals surface area contributed by atoms with Gasteiger partial charge < -0.3 is 10.1 Å². The van der Waals surface area contributed by atoms with Crippen molar-refractivity contribution in [3.63, 3.8) is 0 Å². The molecule has 1 aliphatic carbocycles. The normalized spacial score (nSPS) is 13.4. The standard InChI is InChI=1S/C19H20N4O2S/c1-2-25-19(24)17-22-16(21-11-12-6-5-9-20-10-12)15-13-7-3-4-8-14(13)26-18(15)23-17/h5-6,9-10H,2-4,7-8,11H2,1H3,(H,21,22,23). The van der Waals surface area contributed by atoms with E-state index in [-0.39, 0.29) is 5.82 Å². The third kappa shape index (κ3) is 3.26. The summed E-state index contributed by atoms with van der Waals surface area (Å²) < 4.78 is 5.10. The van der Waals surface area contributed by atoms with Gasteiger partial charge in [0, 0.05) is 23.8 Å². The summed E-state index contributed by atoms with van der Waals surface area (Å²) in [6, 6.07) is 3.91. The number of aryl methyl sites for hydroxylation is 2. The summed E-state index contributed by atoms with van der Waals surface area (Å²) in [6.07, 6.45) is 8.07. The average Bonchev–Trinajstić information content (AvgIpc) is 3.05. The number of fused-ring (bicyclic) bond motifs is 3. The van der Waals surface area contributed by atoms with Crippen LogP contribution in [0.15, 0.2) is 24.5 Å². The lowest BCUT2D eigenvalue weighted by molar-refractivity contribution is 0.0512. The Morgan fingerprint density at radius 1 is 1.31 bits per heavy atom. The minimum atomic E-state index is -0.481. The first-order chi connectivity index (χ1) is 12.8. The Kier molecular flexibility index (Phi) is 4.79. The van der Waals surface area contributed by atoms with E-state index in [4.69, 9.17) is 4.74 Å². The van der Waals surface area contributed by atoms with Gasteiger partial charge in [0.1, 0.15) is 10.6 Å². The number of aromatic nitrogens is 3. The fraction of sp³-hybridized carbons (Fsp3) is 0.368. The number of pyridine rings is 1. The molecule has 0 radical (unpaired) electrons. The van der Waals surface area contributed by atoms with Gasteiger partial charge in [-0.1, -0.05) is 6.07 Å². The van der Waals surface area contributed by atoms with Gasteiger partial charge in [-0.15, -0.1) is 11.3 Å². The Morgan fingerprint density at radius 2 is 2.19 bits per heavy atom. The first-order valence-electron chi connectivity index (χ1n) is 8.88. The molecule has 0 amide bonds. The van der Waals surface area contributed by atoms with Crippen molar-refractivity contribution in [3.8, 4) is 0 Å². The fourth-order valence-electron chi connectivity index (χ4n) is 3.26. The molecule has 0 spiro atoms. The van der Waals surface area contributed by atoms with Crippen LogP contribution in [0, 0.1) is 0 Å². The second-order valence-electron chi connectivity index (χ2n) is 6.22. The molecule has 3 aromatic heterocycles. The highest BCUT2D eigenvalue weighted by atomic mass is 32.1. The molecule has 7 heteroatoms. The zero-order chi connectivity index (χ0) is 17.9. The molecule has 0 atom stereocenters. The number of ether oxygens (including phenoxy) is 1. The average molecular weight is 368 g/mol. The molecule has 1 N–H and O–H groups in total. The maximum Gasteiger partial charge on any atom is 0.376 e. The lowest BCUT2D eigenvalue weighted by atomic mass is 9.97. The predicted octanol–water partition coefficient (Wildman–Crippen LogP) is 3.75. The summed E-state index contributed by atoms with van der Waals surface area (Å²) in [5.74, 6) is 0.345. The van der Waals surface area contributed by atoms with Gasteiger partial charge in [0.2, 0.25) is 5.82 Å². The van der Waals surface area contributed by atoms with E-state index in [2.05, 4.69) is 20.3 Å². The molecule has 6 nitrogen and oxygen atoms in total. The van der Waals surface area contributed by atoms with Crippen molar-refractivity contribution in [2.75, 3.05) is 11.9 Å². The lowest BCUT2D eigenvalue weighted by Crippen LogP contribution is -2.12. The largest absolute Gasteiger partial charge is 0.460 e. The van der Waals surface area contributed by atoms with E-state index in [0.29, 0.717) is 19.0 Å². The van der Waals surface area contributed by atoms with E-state index in [9.17, 15) is 4.79 Å². The number of nitrogens with one attached hydrogen (secondary N) is 1. The smallest absolute Gasteiger partial charge is 0.376 e. The number of thiophene rings is 1. The Hall–Kier alpha value is -2.54. The fourth-order valence-corrected chi connectivity index (χ4v) is 4.52. The predicted molar refractivity (Wildman–Crippen MR) is 102 cm³/mol. The van der Waals surface area contributed by atoms with Gasteiger partial charge in [0.25, 0.3) is 0 Å². The molecule has 0 unspecified atom stereocenters. The Morgan fingerprint density at radius 3 is 3.00 bits per heavy atom. The summed E-state index contributed by atoms with van der Waals surface area (Å²) in [5, 5.41) is 4.44. The number of esters is 1. The highest BCUT2D eigenvalue weighted by molar-refractivity contribution is 7.19. The van der Waals surface area contributed by atoms with Crippen LogP contribution in [-0.4, -0.2) is 27.5 Å². The van der Waals surface area contributed by atoms with Gasteiger partial charge in [0.15, 0.2) is 0 Å². The molecular formula is C19H20N4O2S. The van der Waals surface area contributed by atoms with Crippen molar-refractivity contribution in [2.24, 2.45) is 0 Å². The van der Waals surface area contributed by atoms with Crippen molar-refractivity contribution in [1.29, 1.82) is 0 Å². The number of anilines is 1. The van der Waals surface area contributed by atoms with Crippen molar-refractivity contribution in [2.45, 2.75) is 39.2 Å². The van der Waals surface area contributed by atoms with Gasteiger partial charge in [0.05, 0.1) is 12.0 Å². The molecule has 1 aliphatic rings. The molecule has 0 saturated heterocycles. The first kappa shape index (κ1) is 16.9. The Balaban J connectivity index is 1.76. The maximum absolute atomic E-state index is 12.2. The van der Waals surface area contributed by atoms with Gasteiger partial charge in [-0.05, 0) is 49.8 Å². The van der Waals surface area contributed by atoms with Gasteiger partial charge in [-0.2, -0.15) is 0 Å². The summed E-state index contributed by atoms with van der Waals surface area (Å²) in [4.78, 5) is 27.6. The summed E-state index contributed by atoms with van der Waals surface area (Å²) in [6.45, 7) is 2.67. The molecule has 3 aromatic rings. The molecule has 3 heterocycles. The highest BCUT2D eigenvalue weighted by Crippen LogP contribution is 2.38. The number of carbonyl (C=O) groups is 1. The van der Waals surface area contributed by atoms with Crippen molar-refractivity contribution < 1.29 is 9.53 Å². The van der Waals surface area contributed by atoms with Crippen LogP contribution < -0.4 is 5.32 Å². The van der Waals surface area contributed by atoms with Gasteiger partial charge >= 0.3 is 5.97 Å². The van der Waals surface area contributed by atoms with Crippen LogP contribution >= 0.6 is 11.3 Å². The van der Waals surface area contributed by atoms with Crippen LogP contribution in [0.5, 0.6) is 0 Å². The van der Waals surface area contributed by atoms with Crippen LogP contribution in [0.4, 0.5) is 5.82 Å². The van der Waals surface area contributed by atoms with Crippen LogP contribution in [0.3, 0.4) is 0 Å². The van der Waals surface area contributed by atoms with Crippen LogP contribution in [0.1, 0.15) is 46.4 Å². The second-order valence-corrected chi connectivity index (χ2v) is 7.31. The lowest BCUT2D eigenvalue weighted by Gasteiger charge is -2.13. The van der Waals surface area contributed by atoms with E-state index in [1.165, 1.54) is 23.3 Å². The zero-order valence-corrected chi connectivity index (χ0v) is 15.4. The molecular weight excluding hydrogens is 348 g/mol. The third-order valence-electron chi connectivity index (χ3n) is 4.46. The van der Waals surface area contributed by atoms with Gasteiger partial charge in [-0.3, -0.25) is 4.98 Å². The van der Waals surface area contributed by atoms with E-state index >= 15 is 0 Å². The van der Waals surface area contributed by atoms with Crippen LogP contribution in [0.25, 0.3) is 10.2 Å². The number of hydrogen-bond donors (Lipinski definition) is 1. The van der Waals surface area contributed by atoms with Crippen molar-refractivity contribution >= 4 is 33.3 Å². The number of rotatable bonds is 5. The zero-order valence-electron chi connectivity index (χ0n) is 14.6. The number of carbonyl (C=O) groups excluding carboxylic acids is 1.